The average Bonchev–Trinajstić information content (AvgIpc) is 2.70. The van der Waals surface area contributed by atoms with Gasteiger partial charge in [-0.2, -0.15) is 0 Å². The fourth-order valence-corrected chi connectivity index (χ4v) is 3.24. The molecule has 0 aliphatic heterocycles. The smallest absolute Gasteiger partial charge is 0.160 e. The Morgan fingerprint density at radius 2 is 2.05 bits per heavy atom. The molecule has 0 amide bonds. The summed E-state index contributed by atoms with van der Waals surface area (Å²) in [5.74, 6) is 1.35. The number of rotatable bonds is 4. The minimum absolute atomic E-state index is 0.236. The molecule has 0 atom stereocenters. The molecule has 108 valence electrons. The lowest BCUT2D eigenvalue weighted by Gasteiger charge is -2.47. The van der Waals surface area contributed by atoms with Gasteiger partial charge in [-0.05, 0) is 52.4 Å². The van der Waals surface area contributed by atoms with Gasteiger partial charge < -0.3 is 9.47 Å². The summed E-state index contributed by atoms with van der Waals surface area (Å²) in [5.41, 5.74) is 3.17. The summed E-state index contributed by atoms with van der Waals surface area (Å²) in [5, 5.41) is 0. The second-order valence-corrected chi connectivity index (χ2v) is 6.28. The van der Waals surface area contributed by atoms with Crippen molar-refractivity contribution >= 4 is 22.8 Å². The molecule has 4 nitrogen and oxygen atoms in total. The molecule has 0 bridgehead atoms. The number of halogens is 1. The van der Waals surface area contributed by atoms with Crippen LogP contribution >= 0.6 is 11.6 Å². The third-order valence-corrected chi connectivity index (χ3v) is 4.85. The van der Waals surface area contributed by atoms with Crippen molar-refractivity contribution in [1.82, 2.24) is 19.4 Å². The molecule has 5 heteroatoms. The van der Waals surface area contributed by atoms with Crippen molar-refractivity contribution in [3.8, 4) is 0 Å². The van der Waals surface area contributed by atoms with Crippen molar-refractivity contribution in [3.05, 3.63) is 23.7 Å². The Hall–Kier alpha value is -1.13. The first-order valence-corrected chi connectivity index (χ1v) is 7.65. The Morgan fingerprint density at radius 3 is 2.60 bits per heavy atom. The fourth-order valence-electron chi connectivity index (χ4n) is 3.04. The van der Waals surface area contributed by atoms with Gasteiger partial charge in [0.05, 0.1) is 5.88 Å². The molecule has 1 aliphatic carbocycles. The third kappa shape index (κ3) is 2.11. The second kappa shape index (κ2) is 5.01. The lowest BCUT2D eigenvalue weighted by molar-refractivity contribution is 0.0427. The van der Waals surface area contributed by atoms with Crippen molar-refractivity contribution in [2.24, 2.45) is 0 Å². The Balaban J connectivity index is 2.07. The molecule has 1 saturated carbocycles. The van der Waals surface area contributed by atoms with Crippen molar-refractivity contribution in [2.45, 2.75) is 44.1 Å². The SMILES string of the molecule is Cc1ccc2nc(CCl)n(CC3(N(C)C)CCC3)c2n1. The predicted molar refractivity (Wildman–Crippen MR) is 82.1 cm³/mol. The van der Waals surface area contributed by atoms with Gasteiger partial charge in [0.15, 0.2) is 5.65 Å². The standard InChI is InChI=1S/C15H21ClN4/c1-11-5-6-12-14(17-11)20(13(9-16)18-12)10-15(19(2)3)7-4-8-15/h5-6H,4,7-10H2,1-3H3. The average molecular weight is 293 g/mol. The van der Waals surface area contributed by atoms with E-state index in [1.807, 2.05) is 19.1 Å². The molecule has 20 heavy (non-hydrogen) atoms. The topological polar surface area (TPSA) is 34.0 Å². The van der Waals surface area contributed by atoms with Crippen LogP contribution in [-0.4, -0.2) is 39.1 Å². The van der Waals surface area contributed by atoms with Gasteiger partial charge in [-0.25, -0.2) is 9.97 Å². The molecule has 0 aromatic carbocycles. The minimum atomic E-state index is 0.236. The van der Waals surface area contributed by atoms with E-state index in [1.165, 1.54) is 19.3 Å². The van der Waals surface area contributed by atoms with Crippen molar-refractivity contribution in [2.75, 3.05) is 14.1 Å². The normalized spacial score (nSPS) is 17.6. The highest BCUT2D eigenvalue weighted by molar-refractivity contribution is 6.16. The summed E-state index contributed by atoms with van der Waals surface area (Å²) >= 11 is 6.09. The van der Waals surface area contributed by atoms with Crippen LogP contribution in [0.4, 0.5) is 0 Å². The zero-order valence-corrected chi connectivity index (χ0v) is 13.1. The molecule has 3 rings (SSSR count). The summed E-state index contributed by atoms with van der Waals surface area (Å²) in [4.78, 5) is 11.6. The predicted octanol–water partition coefficient (Wildman–Crippen LogP) is 2.96. The Labute approximate surface area is 124 Å². The summed E-state index contributed by atoms with van der Waals surface area (Å²) in [7, 11) is 4.33. The molecule has 1 aliphatic rings. The molecule has 0 spiro atoms. The number of hydrogen-bond acceptors (Lipinski definition) is 3. The van der Waals surface area contributed by atoms with E-state index < -0.39 is 0 Å². The largest absolute Gasteiger partial charge is 0.310 e. The number of pyridine rings is 1. The van der Waals surface area contributed by atoms with E-state index in [1.54, 1.807) is 0 Å². The van der Waals surface area contributed by atoms with Crippen LogP contribution in [0, 0.1) is 6.92 Å². The lowest BCUT2D eigenvalue weighted by Crippen LogP contribution is -2.53. The molecular weight excluding hydrogens is 272 g/mol. The molecule has 0 saturated heterocycles. The molecule has 2 aromatic rings. The van der Waals surface area contributed by atoms with Crippen LogP contribution in [0.15, 0.2) is 12.1 Å². The van der Waals surface area contributed by atoms with Crippen LogP contribution in [0.1, 0.15) is 30.8 Å². The number of nitrogens with zero attached hydrogens (tertiary/aromatic N) is 4. The van der Waals surface area contributed by atoms with E-state index in [0.29, 0.717) is 5.88 Å². The van der Waals surface area contributed by atoms with E-state index in [4.69, 9.17) is 11.6 Å². The summed E-state index contributed by atoms with van der Waals surface area (Å²) in [6.45, 7) is 2.94. The van der Waals surface area contributed by atoms with E-state index in [2.05, 4.69) is 33.5 Å². The van der Waals surface area contributed by atoms with Gasteiger partial charge in [0, 0.05) is 17.8 Å². The number of hydrogen-bond donors (Lipinski definition) is 0. The van der Waals surface area contributed by atoms with Crippen LogP contribution < -0.4 is 0 Å². The number of likely N-dealkylation sites (N-methyl/N-ethyl adjacent to an activating group) is 1. The van der Waals surface area contributed by atoms with Crippen LogP contribution in [0.2, 0.25) is 0 Å². The highest BCUT2D eigenvalue weighted by Crippen LogP contribution is 2.38. The first-order chi connectivity index (χ1) is 9.55. The highest BCUT2D eigenvalue weighted by atomic mass is 35.5. The summed E-state index contributed by atoms with van der Waals surface area (Å²) in [6.07, 6.45) is 3.76. The van der Waals surface area contributed by atoms with Gasteiger partial charge >= 0.3 is 0 Å². The number of imidazole rings is 1. The van der Waals surface area contributed by atoms with Crippen LogP contribution in [0.25, 0.3) is 11.2 Å². The zero-order chi connectivity index (χ0) is 14.3. The molecule has 0 N–H and O–H groups in total. The van der Waals surface area contributed by atoms with E-state index in [0.717, 1.165) is 29.2 Å². The van der Waals surface area contributed by atoms with E-state index in [9.17, 15) is 0 Å². The van der Waals surface area contributed by atoms with Crippen LogP contribution in [0.3, 0.4) is 0 Å². The lowest BCUT2D eigenvalue weighted by atomic mass is 9.75. The number of fused-ring (bicyclic) bond motifs is 1. The third-order valence-electron chi connectivity index (χ3n) is 4.62. The molecule has 2 heterocycles. The molecule has 2 aromatic heterocycles. The Bertz CT molecular complexity index is 628. The van der Waals surface area contributed by atoms with E-state index in [-0.39, 0.29) is 5.54 Å². The van der Waals surface area contributed by atoms with Crippen LogP contribution in [-0.2, 0) is 12.4 Å². The van der Waals surface area contributed by atoms with Crippen molar-refractivity contribution in [3.63, 3.8) is 0 Å². The van der Waals surface area contributed by atoms with Gasteiger partial charge in [0.25, 0.3) is 0 Å². The maximum Gasteiger partial charge on any atom is 0.160 e. The second-order valence-electron chi connectivity index (χ2n) is 6.02. The quantitative estimate of drug-likeness (QED) is 0.813. The maximum atomic E-state index is 6.09. The number of alkyl halides is 1. The summed E-state index contributed by atoms with van der Waals surface area (Å²) < 4.78 is 2.22. The first-order valence-electron chi connectivity index (χ1n) is 7.12. The van der Waals surface area contributed by atoms with E-state index >= 15 is 0 Å². The van der Waals surface area contributed by atoms with Gasteiger partial charge in [0.2, 0.25) is 0 Å². The fraction of sp³-hybridized carbons (Fsp3) is 0.600. The maximum absolute atomic E-state index is 6.09. The van der Waals surface area contributed by atoms with Gasteiger partial charge in [-0.15, -0.1) is 11.6 Å². The zero-order valence-electron chi connectivity index (χ0n) is 12.4. The Kier molecular flexibility index (Phi) is 3.46. The van der Waals surface area contributed by atoms with Gasteiger partial charge in [-0.3, -0.25) is 0 Å². The summed E-state index contributed by atoms with van der Waals surface area (Å²) in [6, 6.07) is 4.04. The molecule has 0 radical (unpaired) electrons. The first kappa shape index (κ1) is 13.8. The number of aromatic nitrogens is 3. The van der Waals surface area contributed by atoms with Gasteiger partial charge in [-0.1, -0.05) is 0 Å². The Morgan fingerprint density at radius 1 is 1.30 bits per heavy atom. The van der Waals surface area contributed by atoms with Gasteiger partial charge in [0.1, 0.15) is 11.3 Å². The van der Waals surface area contributed by atoms with Crippen LogP contribution in [0.5, 0.6) is 0 Å². The van der Waals surface area contributed by atoms with Crippen molar-refractivity contribution < 1.29 is 0 Å². The monoisotopic (exact) mass is 292 g/mol. The molecule has 1 fully saturated rings. The molecule has 0 unspecified atom stereocenters. The number of aryl methyl sites for hydroxylation is 1. The van der Waals surface area contributed by atoms with Crippen molar-refractivity contribution in [1.29, 1.82) is 0 Å². The molecular formula is C15H21ClN4. The highest BCUT2D eigenvalue weighted by Gasteiger charge is 2.40. The minimum Gasteiger partial charge on any atom is -0.310 e.